The summed E-state index contributed by atoms with van der Waals surface area (Å²) in [7, 11) is -3.49. The molecule has 1 saturated heterocycles. The van der Waals surface area contributed by atoms with Crippen LogP contribution >= 0.6 is 15.9 Å². The van der Waals surface area contributed by atoms with Gasteiger partial charge in [-0.05, 0) is 30.5 Å². The molecule has 0 aliphatic carbocycles. The standard InChI is InChI=1S/C11H14BrNO3S/c12-9-10-3-5-11(6-4-10)17(14,15)13-7-1-2-8-16-13/h3-6H,1-2,7-9H2. The van der Waals surface area contributed by atoms with Crippen LogP contribution in [0.2, 0.25) is 0 Å². The molecule has 1 aromatic rings. The molecule has 0 amide bonds. The van der Waals surface area contributed by atoms with Gasteiger partial charge < -0.3 is 0 Å². The van der Waals surface area contributed by atoms with Crippen molar-refractivity contribution in [2.45, 2.75) is 23.1 Å². The van der Waals surface area contributed by atoms with E-state index in [1.807, 2.05) is 0 Å². The molecule has 0 saturated carbocycles. The van der Waals surface area contributed by atoms with E-state index in [4.69, 9.17) is 4.84 Å². The normalized spacial score (nSPS) is 18.2. The van der Waals surface area contributed by atoms with Crippen LogP contribution in [0, 0.1) is 0 Å². The molecule has 2 rings (SSSR count). The molecule has 0 bridgehead atoms. The Hall–Kier alpha value is -0.430. The van der Waals surface area contributed by atoms with Crippen LogP contribution in [0.4, 0.5) is 0 Å². The van der Waals surface area contributed by atoms with Gasteiger partial charge in [0.15, 0.2) is 0 Å². The Kier molecular flexibility index (Phi) is 4.19. The molecule has 94 valence electrons. The zero-order valence-corrected chi connectivity index (χ0v) is 11.7. The van der Waals surface area contributed by atoms with Crippen molar-refractivity contribution in [2.75, 3.05) is 13.2 Å². The van der Waals surface area contributed by atoms with Gasteiger partial charge in [0.05, 0.1) is 11.5 Å². The van der Waals surface area contributed by atoms with Crippen LogP contribution in [0.25, 0.3) is 0 Å². The molecule has 1 aliphatic heterocycles. The maximum atomic E-state index is 12.2. The average Bonchev–Trinajstić information content (AvgIpc) is 2.40. The minimum absolute atomic E-state index is 0.282. The van der Waals surface area contributed by atoms with Crippen molar-refractivity contribution in [1.82, 2.24) is 4.47 Å². The highest BCUT2D eigenvalue weighted by Crippen LogP contribution is 2.20. The number of halogens is 1. The molecule has 1 aromatic carbocycles. The summed E-state index contributed by atoms with van der Waals surface area (Å²) in [5.74, 6) is 0. The van der Waals surface area contributed by atoms with Gasteiger partial charge in [-0.25, -0.2) is 8.42 Å². The maximum absolute atomic E-state index is 12.2. The fourth-order valence-electron chi connectivity index (χ4n) is 1.63. The lowest BCUT2D eigenvalue weighted by Crippen LogP contribution is -2.35. The first-order valence-electron chi connectivity index (χ1n) is 5.45. The summed E-state index contributed by atoms with van der Waals surface area (Å²) >= 11 is 3.32. The smallest absolute Gasteiger partial charge is 0.265 e. The minimum Gasteiger partial charge on any atom is -0.284 e. The highest BCUT2D eigenvalue weighted by molar-refractivity contribution is 9.08. The van der Waals surface area contributed by atoms with Crippen molar-refractivity contribution >= 4 is 26.0 Å². The lowest BCUT2D eigenvalue weighted by atomic mass is 10.2. The monoisotopic (exact) mass is 319 g/mol. The number of rotatable bonds is 3. The zero-order chi connectivity index (χ0) is 12.3. The predicted octanol–water partition coefficient (Wildman–Crippen LogP) is 2.30. The van der Waals surface area contributed by atoms with Crippen molar-refractivity contribution in [1.29, 1.82) is 0 Å². The van der Waals surface area contributed by atoms with E-state index >= 15 is 0 Å². The quantitative estimate of drug-likeness (QED) is 0.803. The summed E-state index contributed by atoms with van der Waals surface area (Å²) in [6, 6.07) is 6.82. The van der Waals surface area contributed by atoms with Gasteiger partial charge in [-0.1, -0.05) is 32.5 Å². The SMILES string of the molecule is O=S(=O)(c1ccc(CBr)cc1)N1CCCCO1. The van der Waals surface area contributed by atoms with Crippen molar-refractivity contribution in [3.05, 3.63) is 29.8 Å². The van der Waals surface area contributed by atoms with Gasteiger partial charge in [-0.2, -0.15) is 0 Å². The van der Waals surface area contributed by atoms with Crippen molar-refractivity contribution in [3.63, 3.8) is 0 Å². The summed E-state index contributed by atoms with van der Waals surface area (Å²) < 4.78 is 25.4. The van der Waals surface area contributed by atoms with Crippen LogP contribution in [0.1, 0.15) is 18.4 Å². The summed E-state index contributed by atoms with van der Waals surface area (Å²) in [5, 5.41) is 0.716. The third kappa shape index (κ3) is 2.88. The lowest BCUT2D eigenvalue weighted by Gasteiger charge is -2.25. The second kappa shape index (κ2) is 5.48. The van der Waals surface area contributed by atoms with E-state index in [2.05, 4.69) is 15.9 Å². The van der Waals surface area contributed by atoms with Crippen molar-refractivity contribution in [3.8, 4) is 0 Å². The van der Waals surface area contributed by atoms with E-state index in [1.54, 1.807) is 24.3 Å². The van der Waals surface area contributed by atoms with Crippen molar-refractivity contribution < 1.29 is 13.3 Å². The second-order valence-corrected chi connectivity index (χ2v) is 6.24. The van der Waals surface area contributed by atoms with Crippen LogP contribution in [0.15, 0.2) is 29.2 Å². The second-order valence-electron chi connectivity index (χ2n) is 3.85. The Labute approximate surface area is 110 Å². The number of alkyl halides is 1. The Morgan fingerprint density at radius 2 is 1.94 bits per heavy atom. The first-order chi connectivity index (χ1) is 8.14. The van der Waals surface area contributed by atoms with E-state index in [0.29, 0.717) is 18.5 Å². The highest BCUT2D eigenvalue weighted by atomic mass is 79.9. The Bertz CT molecular complexity index is 466. The fourth-order valence-corrected chi connectivity index (χ4v) is 3.30. The van der Waals surface area contributed by atoms with Crippen LogP contribution in [0.5, 0.6) is 0 Å². The third-order valence-electron chi connectivity index (χ3n) is 2.61. The molecule has 1 fully saturated rings. The van der Waals surface area contributed by atoms with Gasteiger partial charge in [-0.15, -0.1) is 0 Å². The van der Waals surface area contributed by atoms with E-state index in [0.717, 1.165) is 22.9 Å². The molecule has 6 heteroatoms. The molecule has 0 radical (unpaired) electrons. The number of hydrogen-bond acceptors (Lipinski definition) is 3. The molecule has 0 atom stereocenters. The highest BCUT2D eigenvalue weighted by Gasteiger charge is 2.27. The van der Waals surface area contributed by atoms with Gasteiger partial charge in [0, 0.05) is 11.9 Å². The van der Waals surface area contributed by atoms with Gasteiger partial charge >= 0.3 is 0 Å². The number of hydroxylamine groups is 1. The van der Waals surface area contributed by atoms with E-state index in [-0.39, 0.29) is 4.90 Å². The van der Waals surface area contributed by atoms with Crippen molar-refractivity contribution in [2.24, 2.45) is 0 Å². The number of sulfonamides is 1. The summed E-state index contributed by atoms with van der Waals surface area (Å²) in [6.07, 6.45) is 1.76. The van der Waals surface area contributed by atoms with Gasteiger partial charge in [0.2, 0.25) is 0 Å². The van der Waals surface area contributed by atoms with Gasteiger partial charge in [0.1, 0.15) is 0 Å². The first-order valence-corrected chi connectivity index (χ1v) is 8.01. The maximum Gasteiger partial charge on any atom is 0.265 e. The van der Waals surface area contributed by atoms with Crippen LogP contribution in [-0.4, -0.2) is 26.0 Å². The van der Waals surface area contributed by atoms with Gasteiger partial charge in [-0.3, -0.25) is 4.84 Å². The van der Waals surface area contributed by atoms with E-state index in [1.165, 1.54) is 0 Å². The molecule has 0 unspecified atom stereocenters. The van der Waals surface area contributed by atoms with Gasteiger partial charge in [0.25, 0.3) is 10.0 Å². The average molecular weight is 320 g/mol. The van der Waals surface area contributed by atoms with Crippen LogP contribution in [-0.2, 0) is 20.2 Å². The van der Waals surface area contributed by atoms with E-state index in [9.17, 15) is 8.42 Å². The number of hydrogen-bond donors (Lipinski definition) is 0. The Balaban J connectivity index is 2.23. The fraction of sp³-hybridized carbons (Fsp3) is 0.455. The van der Waals surface area contributed by atoms with E-state index < -0.39 is 10.0 Å². The largest absolute Gasteiger partial charge is 0.284 e. The topological polar surface area (TPSA) is 46.6 Å². The molecule has 17 heavy (non-hydrogen) atoms. The summed E-state index contributed by atoms with van der Waals surface area (Å²) in [4.78, 5) is 5.47. The molecular weight excluding hydrogens is 306 g/mol. The first kappa shape index (κ1) is 13.0. The number of nitrogens with zero attached hydrogens (tertiary/aromatic N) is 1. The Morgan fingerprint density at radius 1 is 1.24 bits per heavy atom. The molecule has 0 N–H and O–H groups in total. The molecular formula is C11H14BrNO3S. The molecule has 0 aromatic heterocycles. The minimum atomic E-state index is -3.49. The molecule has 1 heterocycles. The predicted molar refractivity (Wildman–Crippen MR) is 68.2 cm³/mol. The molecule has 4 nitrogen and oxygen atoms in total. The third-order valence-corrected chi connectivity index (χ3v) is 4.95. The molecule has 1 aliphatic rings. The van der Waals surface area contributed by atoms with Crippen LogP contribution in [0.3, 0.4) is 0 Å². The lowest BCUT2D eigenvalue weighted by molar-refractivity contribution is -0.108. The molecule has 0 spiro atoms. The summed E-state index contributed by atoms with van der Waals surface area (Å²) in [5.41, 5.74) is 1.04. The van der Waals surface area contributed by atoms with Crippen LogP contribution < -0.4 is 0 Å². The number of benzene rings is 1. The Morgan fingerprint density at radius 3 is 2.47 bits per heavy atom. The zero-order valence-electron chi connectivity index (χ0n) is 9.30. The summed E-state index contributed by atoms with van der Waals surface area (Å²) in [6.45, 7) is 0.904.